The molecule has 0 aliphatic rings. The zero-order chi connectivity index (χ0) is 17.7. The van der Waals surface area contributed by atoms with Gasteiger partial charge in [0.05, 0.1) is 6.61 Å². The SMILES string of the molecule is CCC(=O)OCC(=O)OC(COCC(C)CC)COC(=O)CC. The van der Waals surface area contributed by atoms with Crippen LogP contribution in [0, 0.1) is 5.92 Å². The van der Waals surface area contributed by atoms with Crippen LogP contribution in [0.5, 0.6) is 0 Å². The largest absolute Gasteiger partial charge is 0.462 e. The lowest BCUT2D eigenvalue weighted by Gasteiger charge is -2.19. The van der Waals surface area contributed by atoms with Crippen LogP contribution in [0.3, 0.4) is 0 Å². The molecule has 0 aliphatic heterocycles. The van der Waals surface area contributed by atoms with E-state index in [0.717, 1.165) is 6.42 Å². The summed E-state index contributed by atoms with van der Waals surface area (Å²) in [4.78, 5) is 33.9. The van der Waals surface area contributed by atoms with Crippen molar-refractivity contribution in [3.05, 3.63) is 0 Å². The van der Waals surface area contributed by atoms with Gasteiger partial charge in [0.2, 0.25) is 0 Å². The molecule has 134 valence electrons. The second kappa shape index (κ2) is 12.9. The number of hydrogen-bond donors (Lipinski definition) is 0. The number of carbonyl (C=O) groups is 3. The lowest BCUT2D eigenvalue weighted by Crippen LogP contribution is -2.32. The maximum atomic E-state index is 11.6. The first-order chi connectivity index (χ1) is 10.9. The average molecular weight is 332 g/mol. The molecule has 0 saturated heterocycles. The van der Waals surface area contributed by atoms with Crippen molar-refractivity contribution < 1.29 is 33.3 Å². The Hall–Kier alpha value is -1.63. The van der Waals surface area contributed by atoms with Gasteiger partial charge in [0.15, 0.2) is 12.7 Å². The Labute approximate surface area is 137 Å². The summed E-state index contributed by atoms with van der Waals surface area (Å²) < 4.78 is 20.3. The van der Waals surface area contributed by atoms with E-state index in [2.05, 4.69) is 6.92 Å². The van der Waals surface area contributed by atoms with E-state index in [1.54, 1.807) is 13.8 Å². The number of ether oxygens (including phenoxy) is 4. The molecule has 0 amide bonds. The summed E-state index contributed by atoms with van der Waals surface area (Å²) >= 11 is 0. The Morgan fingerprint density at radius 3 is 2.00 bits per heavy atom. The number of hydrogen-bond acceptors (Lipinski definition) is 7. The standard InChI is InChI=1S/C16H28O7/c1-5-12(4)8-20-9-13(10-21-14(17)6-2)23-16(19)11-22-15(18)7-3/h12-13H,5-11H2,1-4H3. The van der Waals surface area contributed by atoms with Gasteiger partial charge < -0.3 is 18.9 Å². The molecule has 0 aliphatic carbocycles. The van der Waals surface area contributed by atoms with E-state index in [-0.39, 0.29) is 32.0 Å². The smallest absolute Gasteiger partial charge is 0.344 e. The molecule has 2 unspecified atom stereocenters. The summed E-state index contributed by atoms with van der Waals surface area (Å²) in [6.45, 7) is 7.50. The molecule has 2 atom stereocenters. The third kappa shape index (κ3) is 11.6. The Kier molecular flexibility index (Phi) is 12.0. The molecule has 0 heterocycles. The van der Waals surface area contributed by atoms with Gasteiger partial charge in [0.25, 0.3) is 0 Å². The first-order valence-electron chi connectivity index (χ1n) is 8.01. The normalized spacial score (nSPS) is 13.0. The van der Waals surface area contributed by atoms with Gasteiger partial charge in [-0.25, -0.2) is 4.79 Å². The van der Waals surface area contributed by atoms with E-state index in [0.29, 0.717) is 12.5 Å². The molecule has 0 radical (unpaired) electrons. The molecular formula is C16H28O7. The Balaban J connectivity index is 4.31. The van der Waals surface area contributed by atoms with Crippen molar-refractivity contribution in [1.82, 2.24) is 0 Å². The summed E-state index contributed by atoms with van der Waals surface area (Å²) in [7, 11) is 0. The molecule has 0 saturated carbocycles. The van der Waals surface area contributed by atoms with Crippen LogP contribution in [0.2, 0.25) is 0 Å². The van der Waals surface area contributed by atoms with Gasteiger partial charge in [-0.2, -0.15) is 0 Å². The predicted octanol–water partition coefficient (Wildman–Crippen LogP) is 1.87. The third-order valence-corrected chi connectivity index (χ3v) is 3.06. The zero-order valence-electron chi connectivity index (χ0n) is 14.5. The number of rotatable bonds is 12. The quantitative estimate of drug-likeness (QED) is 0.398. The third-order valence-electron chi connectivity index (χ3n) is 3.06. The van der Waals surface area contributed by atoms with Gasteiger partial charge >= 0.3 is 17.9 Å². The van der Waals surface area contributed by atoms with Crippen LogP contribution in [0.25, 0.3) is 0 Å². The molecule has 0 aromatic rings. The molecule has 0 N–H and O–H groups in total. The lowest BCUT2D eigenvalue weighted by molar-refractivity contribution is -0.169. The van der Waals surface area contributed by atoms with Gasteiger partial charge in [0.1, 0.15) is 6.61 Å². The van der Waals surface area contributed by atoms with Crippen molar-refractivity contribution in [3.63, 3.8) is 0 Å². The summed E-state index contributed by atoms with van der Waals surface area (Å²) in [5.41, 5.74) is 0. The molecule has 0 fully saturated rings. The Bertz CT molecular complexity index is 367. The maximum absolute atomic E-state index is 11.6. The lowest BCUT2D eigenvalue weighted by atomic mass is 10.1. The van der Waals surface area contributed by atoms with E-state index in [1.165, 1.54) is 0 Å². The van der Waals surface area contributed by atoms with Crippen LogP contribution < -0.4 is 0 Å². The molecule has 7 heteroatoms. The summed E-state index contributed by atoms with van der Waals surface area (Å²) in [6, 6.07) is 0. The second-order valence-corrected chi connectivity index (χ2v) is 5.21. The van der Waals surface area contributed by atoms with Gasteiger partial charge in [-0.05, 0) is 5.92 Å². The molecule has 23 heavy (non-hydrogen) atoms. The predicted molar refractivity (Wildman–Crippen MR) is 82.7 cm³/mol. The monoisotopic (exact) mass is 332 g/mol. The first kappa shape index (κ1) is 21.4. The fraction of sp³-hybridized carbons (Fsp3) is 0.812. The second-order valence-electron chi connectivity index (χ2n) is 5.21. The minimum Gasteiger partial charge on any atom is -0.462 e. The Morgan fingerprint density at radius 1 is 0.826 bits per heavy atom. The Morgan fingerprint density at radius 2 is 1.43 bits per heavy atom. The van der Waals surface area contributed by atoms with E-state index in [9.17, 15) is 14.4 Å². The number of carbonyl (C=O) groups excluding carboxylic acids is 3. The van der Waals surface area contributed by atoms with Crippen molar-refractivity contribution in [2.45, 2.75) is 53.1 Å². The van der Waals surface area contributed by atoms with Crippen LogP contribution in [-0.4, -0.2) is 50.4 Å². The van der Waals surface area contributed by atoms with E-state index in [4.69, 9.17) is 18.9 Å². The van der Waals surface area contributed by atoms with Crippen LogP contribution >= 0.6 is 0 Å². The summed E-state index contributed by atoms with van der Waals surface area (Å²) in [5, 5.41) is 0. The van der Waals surface area contributed by atoms with Crippen LogP contribution in [-0.2, 0) is 33.3 Å². The van der Waals surface area contributed by atoms with Crippen molar-refractivity contribution >= 4 is 17.9 Å². The molecule has 0 bridgehead atoms. The molecule has 0 rings (SSSR count). The van der Waals surface area contributed by atoms with Crippen LogP contribution in [0.1, 0.15) is 47.0 Å². The minimum atomic E-state index is -0.720. The van der Waals surface area contributed by atoms with E-state index < -0.39 is 24.6 Å². The number of esters is 3. The fourth-order valence-corrected chi connectivity index (χ4v) is 1.38. The van der Waals surface area contributed by atoms with Crippen molar-refractivity contribution in [2.24, 2.45) is 5.92 Å². The molecule has 0 aromatic carbocycles. The maximum Gasteiger partial charge on any atom is 0.344 e. The molecule has 0 aromatic heterocycles. The van der Waals surface area contributed by atoms with Crippen molar-refractivity contribution in [2.75, 3.05) is 26.4 Å². The molecule has 7 nitrogen and oxygen atoms in total. The summed E-state index contributed by atoms with van der Waals surface area (Å²) in [6.07, 6.45) is 0.676. The van der Waals surface area contributed by atoms with Crippen LogP contribution in [0.15, 0.2) is 0 Å². The summed E-state index contributed by atoms with van der Waals surface area (Å²) in [5.74, 6) is -1.18. The van der Waals surface area contributed by atoms with Crippen molar-refractivity contribution in [1.29, 1.82) is 0 Å². The van der Waals surface area contributed by atoms with Gasteiger partial charge in [-0.3, -0.25) is 9.59 Å². The average Bonchev–Trinajstić information content (AvgIpc) is 2.56. The van der Waals surface area contributed by atoms with Gasteiger partial charge in [-0.15, -0.1) is 0 Å². The molecular weight excluding hydrogens is 304 g/mol. The van der Waals surface area contributed by atoms with Crippen molar-refractivity contribution in [3.8, 4) is 0 Å². The van der Waals surface area contributed by atoms with Gasteiger partial charge in [0, 0.05) is 19.4 Å². The van der Waals surface area contributed by atoms with Crippen LogP contribution in [0.4, 0.5) is 0 Å². The zero-order valence-corrected chi connectivity index (χ0v) is 14.5. The topological polar surface area (TPSA) is 88.1 Å². The minimum absolute atomic E-state index is 0.0827. The molecule has 0 spiro atoms. The van der Waals surface area contributed by atoms with E-state index >= 15 is 0 Å². The highest BCUT2D eigenvalue weighted by Crippen LogP contribution is 2.04. The van der Waals surface area contributed by atoms with Gasteiger partial charge in [-0.1, -0.05) is 34.1 Å². The highest BCUT2D eigenvalue weighted by atomic mass is 16.6. The highest BCUT2D eigenvalue weighted by molar-refractivity contribution is 5.76. The highest BCUT2D eigenvalue weighted by Gasteiger charge is 2.18. The first-order valence-corrected chi connectivity index (χ1v) is 8.01. The van der Waals surface area contributed by atoms with E-state index in [1.807, 2.05) is 6.92 Å². The fourth-order valence-electron chi connectivity index (χ4n) is 1.38.